The van der Waals surface area contributed by atoms with Gasteiger partial charge in [-0.25, -0.2) is 0 Å². The zero-order chi connectivity index (χ0) is 13.4. The van der Waals surface area contributed by atoms with Crippen molar-refractivity contribution in [3.05, 3.63) is 30.1 Å². The van der Waals surface area contributed by atoms with Crippen LogP contribution in [0.2, 0.25) is 0 Å². The maximum absolute atomic E-state index is 11.6. The van der Waals surface area contributed by atoms with Crippen molar-refractivity contribution in [3.8, 4) is 0 Å². The van der Waals surface area contributed by atoms with Crippen LogP contribution in [0.4, 0.5) is 0 Å². The molecule has 0 bridgehead atoms. The van der Waals surface area contributed by atoms with E-state index in [1.807, 2.05) is 12.1 Å². The van der Waals surface area contributed by atoms with Crippen LogP contribution in [0.25, 0.3) is 0 Å². The largest absolute Gasteiger partial charge is 0.357 e. The molecular formula is C13H19N3O2. The van der Waals surface area contributed by atoms with Crippen molar-refractivity contribution < 1.29 is 9.59 Å². The molecule has 1 aromatic rings. The number of aryl methyl sites for hydroxylation is 1. The molecule has 0 spiro atoms. The summed E-state index contributed by atoms with van der Waals surface area (Å²) in [5.74, 6) is -0.340. The molecule has 2 N–H and O–H groups in total. The van der Waals surface area contributed by atoms with Gasteiger partial charge in [-0.1, -0.05) is 0 Å². The first-order valence-corrected chi connectivity index (χ1v) is 6.01. The first kappa shape index (κ1) is 14.2. The number of likely N-dealkylation sites (N-methyl/N-ethyl adjacent to an activating group) is 1. The predicted octanol–water partition coefficient (Wildman–Crippen LogP) is 0.655. The molecule has 0 fully saturated rings. The monoisotopic (exact) mass is 249 g/mol. The number of carbonyl (C=O) groups excluding carboxylic acids is 2. The Morgan fingerprint density at radius 1 is 1.33 bits per heavy atom. The van der Waals surface area contributed by atoms with Crippen LogP contribution in [0.15, 0.2) is 24.5 Å². The fourth-order valence-electron chi connectivity index (χ4n) is 1.75. The second-order valence-corrected chi connectivity index (χ2v) is 4.12. The third-order valence-electron chi connectivity index (χ3n) is 2.65. The quantitative estimate of drug-likeness (QED) is 0.778. The lowest BCUT2D eigenvalue weighted by molar-refractivity contribution is -0.127. The Labute approximate surface area is 107 Å². The lowest BCUT2D eigenvalue weighted by Gasteiger charge is -2.15. The van der Waals surface area contributed by atoms with Crippen LogP contribution in [-0.2, 0) is 16.0 Å². The molecule has 98 valence electrons. The van der Waals surface area contributed by atoms with E-state index in [9.17, 15) is 9.59 Å². The fraction of sp³-hybridized carbons (Fsp3) is 0.462. The zero-order valence-corrected chi connectivity index (χ0v) is 10.8. The molecule has 1 unspecified atom stereocenters. The molecule has 18 heavy (non-hydrogen) atoms. The van der Waals surface area contributed by atoms with E-state index >= 15 is 0 Å². The second-order valence-electron chi connectivity index (χ2n) is 4.12. The first-order valence-electron chi connectivity index (χ1n) is 6.01. The summed E-state index contributed by atoms with van der Waals surface area (Å²) < 4.78 is 0. The number of hydrogen-bond acceptors (Lipinski definition) is 3. The molecule has 0 radical (unpaired) electrons. The van der Waals surface area contributed by atoms with Crippen molar-refractivity contribution in [2.45, 2.75) is 32.2 Å². The normalized spacial score (nSPS) is 11.7. The van der Waals surface area contributed by atoms with Gasteiger partial charge in [-0.05, 0) is 37.0 Å². The average Bonchev–Trinajstić information content (AvgIpc) is 2.37. The van der Waals surface area contributed by atoms with Gasteiger partial charge in [-0.3, -0.25) is 14.6 Å². The van der Waals surface area contributed by atoms with Gasteiger partial charge in [-0.2, -0.15) is 0 Å². The van der Waals surface area contributed by atoms with Crippen LogP contribution >= 0.6 is 0 Å². The van der Waals surface area contributed by atoms with Gasteiger partial charge in [0.1, 0.15) is 6.04 Å². The molecule has 1 aromatic heterocycles. The third-order valence-corrected chi connectivity index (χ3v) is 2.65. The Morgan fingerprint density at radius 3 is 2.56 bits per heavy atom. The molecule has 0 aliphatic heterocycles. The Balaban J connectivity index is 2.42. The number of aromatic nitrogens is 1. The summed E-state index contributed by atoms with van der Waals surface area (Å²) in [6, 6.07) is 3.45. The Kier molecular flexibility index (Phi) is 5.84. The highest BCUT2D eigenvalue weighted by Crippen LogP contribution is 2.06. The number of amides is 2. The molecule has 2 amide bonds. The summed E-state index contributed by atoms with van der Waals surface area (Å²) in [5.41, 5.74) is 1.18. The van der Waals surface area contributed by atoms with Gasteiger partial charge >= 0.3 is 0 Å². The van der Waals surface area contributed by atoms with Crippen LogP contribution in [0.1, 0.15) is 25.3 Å². The number of hydrogen-bond donors (Lipinski definition) is 2. The second kappa shape index (κ2) is 7.42. The van der Waals surface area contributed by atoms with Crippen molar-refractivity contribution in [1.82, 2.24) is 15.6 Å². The Hall–Kier alpha value is -1.91. The molecule has 0 aliphatic rings. The Morgan fingerprint density at radius 2 is 2.00 bits per heavy atom. The van der Waals surface area contributed by atoms with Gasteiger partial charge in [0.2, 0.25) is 11.8 Å². The molecule has 1 rings (SSSR count). The van der Waals surface area contributed by atoms with Gasteiger partial charge in [-0.15, -0.1) is 0 Å². The highest BCUT2D eigenvalue weighted by molar-refractivity contribution is 5.86. The number of pyridine rings is 1. The van der Waals surface area contributed by atoms with Crippen LogP contribution in [-0.4, -0.2) is 29.9 Å². The van der Waals surface area contributed by atoms with Crippen molar-refractivity contribution in [1.29, 1.82) is 0 Å². The van der Waals surface area contributed by atoms with E-state index in [0.29, 0.717) is 6.42 Å². The van der Waals surface area contributed by atoms with E-state index in [1.165, 1.54) is 12.5 Å². The first-order chi connectivity index (χ1) is 8.63. The number of nitrogens with zero attached hydrogens (tertiary/aromatic N) is 1. The molecule has 1 heterocycles. The topological polar surface area (TPSA) is 71.1 Å². The van der Waals surface area contributed by atoms with Crippen molar-refractivity contribution in [2.24, 2.45) is 0 Å². The van der Waals surface area contributed by atoms with E-state index in [1.54, 1.807) is 19.4 Å². The smallest absolute Gasteiger partial charge is 0.242 e. The maximum atomic E-state index is 11.6. The molecule has 0 aromatic carbocycles. The van der Waals surface area contributed by atoms with Crippen LogP contribution in [0, 0.1) is 0 Å². The molecule has 1 atom stereocenters. The van der Waals surface area contributed by atoms with Gasteiger partial charge in [0, 0.05) is 26.4 Å². The number of nitrogens with one attached hydrogen (secondary N) is 2. The summed E-state index contributed by atoms with van der Waals surface area (Å²) in [6.07, 6.45) is 5.83. The molecule has 5 nitrogen and oxygen atoms in total. The van der Waals surface area contributed by atoms with E-state index in [0.717, 1.165) is 12.8 Å². The summed E-state index contributed by atoms with van der Waals surface area (Å²) in [5, 5.41) is 5.21. The average molecular weight is 249 g/mol. The number of carbonyl (C=O) groups is 2. The lowest BCUT2D eigenvalue weighted by Crippen LogP contribution is -2.44. The van der Waals surface area contributed by atoms with E-state index in [4.69, 9.17) is 0 Å². The minimum atomic E-state index is -0.450. The molecule has 5 heteroatoms. The van der Waals surface area contributed by atoms with Gasteiger partial charge in [0.15, 0.2) is 0 Å². The molecular weight excluding hydrogens is 230 g/mol. The van der Waals surface area contributed by atoms with E-state index in [-0.39, 0.29) is 11.8 Å². The predicted molar refractivity (Wildman–Crippen MR) is 68.8 cm³/mol. The van der Waals surface area contributed by atoms with Gasteiger partial charge < -0.3 is 10.6 Å². The minimum absolute atomic E-state index is 0.153. The van der Waals surface area contributed by atoms with Crippen LogP contribution in [0.3, 0.4) is 0 Å². The van der Waals surface area contributed by atoms with Crippen LogP contribution < -0.4 is 10.6 Å². The zero-order valence-electron chi connectivity index (χ0n) is 10.8. The summed E-state index contributed by atoms with van der Waals surface area (Å²) in [6.45, 7) is 1.42. The summed E-state index contributed by atoms with van der Waals surface area (Å²) in [4.78, 5) is 26.5. The van der Waals surface area contributed by atoms with Gasteiger partial charge in [0.25, 0.3) is 0 Å². The highest BCUT2D eigenvalue weighted by Gasteiger charge is 2.17. The molecule has 0 saturated heterocycles. The summed E-state index contributed by atoms with van der Waals surface area (Å²) >= 11 is 0. The third kappa shape index (κ3) is 4.95. The molecule has 0 saturated carbocycles. The van der Waals surface area contributed by atoms with Gasteiger partial charge in [0.05, 0.1) is 0 Å². The van der Waals surface area contributed by atoms with E-state index in [2.05, 4.69) is 15.6 Å². The standard InChI is InChI=1S/C13H19N3O2/c1-10(17)16-12(13(18)14-2)5-3-4-11-6-8-15-9-7-11/h6-9,12H,3-5H2,1-2H3,(H,14,18)(H,16,17). The summed E-state index contributed by atoms with van der Waals surface area (Å²) in [7, 11) is 1.57. The van der Waals surface area contributed by atoms with E-state index < -0.39 is 6.04 Å². The SMILES string of the molecule is CNC(=O)C(CCCc1ccncc1)NC(C)=O. The number of rotatable bonds is 6. The fourth-order valence-corrected chi connectivity index (χ4v) is 1.75. The van der Waals surface area contributed by atoms with Crippen molar-refractivity contribution in [3.63, 3.8) is 0 Å². The minimum Gasteiger partial charge on any atom is -0.357 e. The Bertz CT molecular complexity index is 392. The highest BCUT2D eigenvalue weighted by atomic mass is 16.2. The van der Waals surface area contributed by atoms with Crippen molar-refractivity contribution in [2.75, 3.05) is 7.05 Å². The van der Waals surface area contributed by atoms with Crippen molar-refractivity contribution >= 4 is 11.8 Å². The maximum Gasteiger partial charge on any atom is 0.242 e. The lowest BCUT2D eigenvalue weighted by atomic mass is 10.0. The van der Waals surface area contributed by atoms with Crippen LogP contribution in [0.5, 0.6) is 0 Å². The molecule has 0 aliphatic carbocycles.